The highest BCUT2D eigenvalue weighted by Gasteiger charge is 2.13. The number of pyridine rings is 1. The zero-order chi connectivity index (χ0) is 18.7. The maximum atomic E-state index is 12.0. The second kappa shape index (κ2) is 7.51. The third kappa shape index (κ3) is 3.66. The van der Waals surface area contributed by atoms with Gasteiger partial charge in [-0.1, -0.05) is 17.7 Å². The van der Waals surface area contributed by atoms with Gasteiger partial charge in [-0.2, -0.15) is 5.26 Å². The predicted octanol–water partition coefficient (Wildman–Crippen LogP) is 4.20. The van der Waals surface area contributed by atoms with Gasteiger partial charge in [0, 0.05) is 23.0 Å². The molecule has 2 aromatic heterocycles. The quantitative estimate of drug-likeness (QED) is 0.633. The van der Waals surface area contributed by atoms with E-state index in [1.807, 2.05) is 42.6 Å². The van der Waals surface area contributed by atoms with E-state index >= 15 is 0 Å². The lowest BCUT2D eigenvalue weighted by Crippen LogP contribution is -2.15. The second-order valence-electron chi connectivity index (χ2n) is 5.95. The van der Waals surface area contributed by atoms with Gasteiger partial charge < -0.3 is 13.9 Å². The smallest absolute Gasteiger partial charge is 0.344 e. The van der Waals surface area contributed by atoms with Crippen molar-refractivity contribution in [3.8, 4) is 11.8 Å². The van der Waals surface area contributed by atoms with E-state index in [1.165, 1.54) is 0 Å². The van der Waals surface area contributed by atoms with Gasteiger partial charge in [0.1, 0.15) is 18.4 Å². The lowest BCUT2D eigenvalue weighted by molar-refractivity contribution is -0.147. The largest absolute Gasteiger partial charge is 0.481 e. The maximum absolute atomic E-state index is 12.0. The molecule has 0 fully saturated rings. The summed E-state index contributed by atoms with van der Waals surface area (Å²) in [6.07, 6.45) is 3.63. The van der Waals surface area contributed by atoms with Gasteiger partial charge in [0.05, 0.1) is 11.1 Å². The molecule has 0 saturated heterocycles. The van der Waals surface area contributed by atoms with E-state index < -0.39 is 5.97 Å². The van der Waals surface area contributed by atoms with Crippen molar-refractivity contribution in [3.63, 3.8) is 0 Å². The first kappa shape index (κ1) is 17.8. The molecule has 0 amide bonds. The Bertz CT molecular complexity index is 995. The molecule has 6 heteroatoms. The Kier molecular flexibility index (Phi) is 5.15. The molecule has 0 radical (unpaired) electrons. The van der Waals surface area contributed by atoms with Gasteiger partial charge in [0.15, 0.2) is 6.61 Å². The summed E-state index contributed by atoms with van der Waals surface area (Å²) >= 11 is 5.99. The highest BCUT2D eigenvalue weighted by molar-refractivity contribution is 6.30. The Morgan fingerprint density at radius 1 is 1.27 bits per heavy atom. The Morgan fingerprint density at radius 3 is 2.69 bits per heavy atom. The summed E-state index contributed by atoms with van der Waals surface area (Å²) in [4.78, 5) is 12.0. The van der Waals surface area contributed by atoms with Gasteiger partial charge in [0.25, 0.3) is 0 Å². The SMILES string of the molecule is Cc1cc(Cl)cc(C)c1OCC(=O)OCc1cn2ccccc2c1C#N. The molecule has 0 aliphatic heterocycles. The van der Waals surface area contributed by atoms with Gasteiger partial charge >= 0.3 is 5.97 Å². The minimum Gasteiger partial charge on any atom is -0.481 e. The number of rotatable bonds is 5. The Morgan fingerprint density at radius 2 is 2.00 bits per heavy atom. The van der Waals surface area contributed by atoms with Gasteiger partial charge in [-0.15, -0.1) is 0 Å². The number of aromatic nitrogens is 1. The maximum Gasteiger partial charge on any atom is 0.344 e. The van der Waals surface area contributed by atoms with E-state index in [0.29, 0.717) is 21.9 Å². The normalized spacial score (nSPS) is 10.5. The van der Waals surface area contributed by atoms with E-state index in [1.54, 1.807) is 18.3 Å². The van der Waals surface area contributed by atoms with E-state index in [2.05, 4.69) is 6.07 Å². The highest BCUT2D eigenvalue weighted by atomic mass is 35.5. The number of esters is 1. The number of hydrogen-bond donors (Lipinski definition) is 0. The van der Waals surface area contributed by atoms with Crippen LogP contribution >= 0.6 is 11.6 Å². The van der Waals surface area contributed by atoms with Crippen LogP contribution in [0.5, 0.6) is 5.75 Å². The molecule has 0 saturated carbocycles. The van der Waals surface area contributed by atoms with Crippen molar-refractivity contribution in [1.82, 2.24) is 4.40 Å². The monoisotopic (exact) mass is 368 g/mol. The van der Waals surface area contributed by atoms with Crippen LogP contribution in [0.25, 0.3) is 5.52 Å². The summed E-state index contributed by atoms with van der Waals surface area (Å²) in [6, 6.07) is 11.3. The van der Waals surface area contributed by atoms with Crippen LogP contribution in [0.2, 0.25) is 5.02 Å². The van der Waals surface area contributed by atoms with Crippen molar-refractivity contribution in [2.75, 3.05) is 6.61 Å². The number of hydrogen-bond acceptors (Lipinski definition) is 4. The van der Waals surface area contributed by atoms with Crippen LogP contribution < -0.4 is 4.74 Å². The summed E-state index contributed by atoms with van der Waals surface area (Å²) < 4.78 is 12.7. The lowest BCUT2D eigenvalue weighted by atomic mass is 10.1. The van der Waals surface area contributed by atoms with Crippen LogP contribution in [-0.4, -0.2) is 17.0 Å². The fraction of sp³-hybridized carbons (Fsp3) is 0.200. The zero-order valence-corrected chi connectivity index (χ0v) is 15.2. The molecule has 0 aliphatic rings. The minimum atomic E-state index is -0.502. The second-order valence-corrected chi connectivity index (χ2v) is 6.39. The van der Waals surface area contributed by atoms with Crippen molar-refractivity contribution < 1.29 is 14.3 Å². The van der Waals surface area contributed by atoms with Crippen LogP contribution in [0.4, 0.5) is 0 Å². The van der Waals surface area contributed by atoms with Crippen LogP contribution in [0, 0.1) is 25.2 Å². The first-order valence-corrected chi connectivity index (χ1v) is 8.41. The van der Waals surface area contributed by atoms with Crippen LogP contribution in [0.3, 0.4) is 0 Å². The Balaban J connectivity index is 1.64. The molecule has 3 rings (SSSR count). The summed E-state index contributed by atoms with van der Waals surface area (Å²) in [5.41, 5.74) is 3.65. The van der Waals surface area contributed by atoms with Gasteiger partial charge in [-0.05, 0) is 49.2 Å². The van der Waals surface area contributed by atoms with Gasteiger partial charge in [-0.3, -0.25) is 0 Å². The zero-order valence-electron chi connectivity index (χ0n) is 14.5. The molecule has 3 aromatic rings. The van der Waals surface area contributed by atoms with Gasteiger partial charge in [-0.25, -0.2) is 4.79 Å². The first-order chi connectivity index (χ1) is 12.5. The predicted molar refractivity (Wildman–Crippen MR) is 98.3 cm³/mol. The van der Waals surface area contributed by atoms with E-state index in [0.717, 1.165) is 16.6 Å². The number of nitriles is 1. The third-order valence-electron chi connectivity index (χ3n) is 4.02. The summed E-state index contributed by atoms with van der Waals surface area (Å²) in [5.74, 6) is 0.122. The number of halogens is 1. The average molecular weight is 369 g/mol. The number of nitrogens with zero attached hydrogens (tertiary/aromatic N) is 2. The number of carbonyl (C=O) groups excluding carboxylic acids is 1. The van der Waals surface area contributed by atoms with Crippen molar-refractivity contribution in [2.24, 2.45) is 0 Å². The molecule has 2 heterocycles. The van der Waals surface area contributed by atoms with E-state index in [9.17, 15) is 10.1 Å². The van der Waals surface area contributed by atoms with E-state index in [-0.39, 0.29) is 13.2 Å². The standard InChI is InChI=1S/C20H17ClN2O3/c1-13-7-16(21)8-14(2)20(13)26-12-19(24)25-11-15-10-23-6-4-3-5-18(23)17(15)9-22/h3-8,10H,11-12H2,1-2H3. The van der Waals surface area contributed by atoms with Crippen molar-refractivity contribution in [1.29, 1.82) is 5.26 Å². The molecule has 0 spiro atoms. The number of benzene rings is 1. The van der Waals surface area contributed by atoms with Gasteiger partial charge in [0.2, 0.25) is 0 Å². The summed E-state index contributed by atoms with van der Waals surface area (Å²) in [6.45, 7) is 3.54. The molecular weight excluding hydrogens is 352 g/mol. The first-order valence-electron chi connectivity index (χ1n) is 8.03. The molecule has 5 nitrogen and oxygen atoms in total. The fourth-order valence-electron chi connectivity index (χ4n) is 2.87. The molecule has 26 heavy (non-hydrogen) atoms. The third-order valence-corrected chi connectivity index (χ3v) is 4.24. The molecule has 132 valence electrons. The molecule has 0 N–H and O–H groups in total. The summed E-state index contributed by atoms with van der Waals surface area (Å²) in [5, 5.41) is 9.99. The summed E-state index contributed by atoms with van der Waals surface area (Å²) in [7, 11) is 0. The molecule has 1 aromatic carbocycles. The Labute approximate surface area is 156 Å². The number of carbonyl (C=O) groups is 1. The number of fused-ring (bicyclic) bond motifs is 1. The number of aryl methyl sites for hydroxylation is 2. The van der Waals surface area contributed by atoms with Crippen molar-refractivity contribution in [2.45, 2.75) is 20.5 Å². The number of ether oxygens (including phenoxy) is 2. The average Bonchev–Trinajstić information content (AvgIpc) is 2.96. The molecule has 0 unspecified atom stereocenters. The Hall–Kier alpha value is -2.97. The molecule has 0 aliphatic carbocycles. The van der Waals surface area contributed by atoms with Crippen LogP contribution in [0.1, 0.15) is 22.3 Å². The van der Waals surface area contributed by atoms with Crippen molar-refractivity contribution >= 4 is 23.1 Å². The lowest BCUT2D eigenvalue weighted by Gasteiger charge is -2.12. The topological polar surface area (TPSA) is 63.7 Å². The fourth-order valence-corrected chi connectivity index (χ4v) is 3.20. The molecular formula is C20H17ClN2O3. The highest BCUT2D eigenvalue weighted by Crippen LogP contribution is 2.27. The molecule has 0 bridgehead atoms. The van der Waals surface area contributed by atoms with E-state index in [4.69, 9.17) is 21.1 Å². The van der Waals surface area contributed by atoms with Crippen LogP contribution in [-0.2, 0) is 16.1 Å². The van der Waals surface area contributed by atoms with Crippen molar-refractivity contribution in [3.05, 3.63) is 70.0 Å². The molecule has 0 atom stereocenters. The minimum absolute atomic E-state index is 0.0192. The van der Waals surface area contributed by atoms with Crippen LogP contribution in [0.15, 0.2) is 42.7 Å².